The zero-order valence-corrected chi connectivity index (χ0v) is 10.6. The summed E-state index contributed by atoms with van der Waals surface area (Å²) in [4.78, 5) is 23.8. The molecule has 98 valence electrons. The van der Waals surface area contributed by atoms with Gasteiger partial charge in [-0.1, -0.05) is 0 Å². The van der Waals surface area contributed by atoms with Crippen LogP contribution in [0.1, 0.15) is 39.5 Å². The Bertz CT molecular complexity index is 279. The Balaban J connectivity index is 2.32. The summed E-state index contributed by atoms with van der Waals surface area (Å²) in [5, 5.41) is 11.5. The largest absolute Gasteiger partial charge is 0.481 e. The van der Waals surface area contributed by atoms with Crippen LogP contribution in [0.15, 0.2) is 0 Å². The molecule has 1 aliphatic heterocycles. The van der Waals surface area contributed by atoms with E-state index in [4.69, 9.17) is 5.11 Å². The number of rotatable bonds is 7. The minimum Gasteiger partial charge on any atom is -0.481 e. The van der Waals surface area contributed by atoms with Gasteiger partial charge in [-0.05, 0) is 33.2 Å². The fourth-order valence-corrected chi connectivity index (χ4v) is 2.09. The molecule has 2 N–H and O–H groups in total. The Hall–Kier alpha value is -1.10. The molecule has 0 radical (unpaired) electrons. The van der Waals surface area contributed by atoms with Crippen LogP contribution in [-0.2, 0) is 9.59 Å². The second-order valence-electron chi connectivity index (χ2n) is 4.89. The molecule has 5 heteroatoms. The van der Waals surface area contributed by atoms with Crippen LogP contribution in [0.2, 0.25) is 0 Å². The maximum Gasteiger partial charge on any atom is 0.303 e. The quantitative estimate of drug-likeness (QED) is 0.694. The fourth-order valence-electron chi connectivity index (χ4n) is 2.09. The summed E-state index contributed by atoms with van der Waals surface area (Å²) in [6.07, 6.45) is 2.38. The molecule has 1 unspecified atom stereocenters. The highest BCUT2D eigenvalue weighted by atomic mass is 16.4. The van der Waals surface area contributed by atoms with E-state index in [2.05, 4.69) is 24.1 Å². The number of amides is 1. The van der Waals surface area contributed by atoms with Crippen molar-refractivity contribution in [3.8, 4) is 0 Å². The molecule has 1 amide bonds. The van der Waals surface area contributed by atoms with Gasteiger partial charge >= 0.3 is 5.97 Å². The molecule has 0 aliphatic carbocycles. The molecule has 0 spiro atoms. The van der Waals surface area contributed by atoms with Gasteiger partial charge in [-0.3, -0.25) is 14.5 Å². The molecule has 1 fully saturated rings. The van der Waals surface area contributed by atoms with Gasteiger partial charge in [-0.2, -0.15) is 0 Å². The van der Waals surface area contributed by atoms with Crippen molar-refractivity contribution in [2.24, 2.45) is 0 Å². The van der Waals surface area contributed by atoms with Gasteiger partial charge in [0.05, 0.1) is 0 Å². The first-order valence-corrected chi connectivity index (χ1v) is 6.24. The first-order chi connectivity index (χ1) is 7.99. The molecule has 17 heavy (non-hydrogen) atoms. The summed E-state index contributed by atoms with van der Waals surface area (Å²) in [6.45, 7) is 5.79. The van der Waals surface area contributed by atoms with Crippen molar-refractivity contribution in [1.82, 2.24) is 10.2 Å². The highest BCUT2D eigenvalue weighted by Crippen LogP contribution is 2.11. The molecule has 0 aromatic heterocycles. The highest BCUT2D eigenvalue weighted by Gasteiger charge is 2.23. The molecule has 0 bridgehead atoms. The standard InChI is InChI=1S/C12H22N2O3/c1-9(2)14(7-3-4-12(16)17)8-10-5-6-11(15)13-10/h9-10H,3-8H2,1-2H3,(H,13,15)(H,16,17). The minimum absolute atomic E-state index is 0.129. The van der Waals surface area contributed by atoms with E-state index in [1.807, 2.05) is 0 Å². The van der Waals surface area contributed by atoms with E-state index in [0.29, 0.717) is 18.9 Å². The smallest absolute Gasteiger partial charge is 0.303 e. The molecule has 0 saturated carbocycles. The summed E-state index contributed by atoms with van der Waals surface area (Å²) in [7, 11) is 0. The molecule has 1 aliphatic rings. The van der Waals surface area contributed by atoms with Crippen molar-refractivity contribution in [3.63, 3.8) is 0 Å². The van der Waals surface area contributed by atoms with Crippen molar-refractivity contribution >= 4 is 11.9 Å². The van der Waals surface area contributed by atoms with Crippen LogP contribution in [0.25, 0.3) is 0 Å². The predicted molar refractivity (Wildman–Crippen MR) is 64.7 cm³/mol. The lowest BCUT2D eigenvalue weighted by Gasteiger charge is -2.28. The van der Waals surface area contributed by atoms with Gasteiger partial charge in [0.1, 0.15) is 0 Å². The number of carbonyl (C=O) groups is 2. The monoisotopic (exact) mass is 242 g/mol. The maximum absolute atomic E-state index is 11.1. The molecular weight excluding hydrogens is 220 g/mol. The molecule has 1 heterocycles. The van der Waals surface area contributed by atoms with Crippen LogP contribution in [-0.4, -0.2) is 47.1 Å². The topological polar surface area (TPSA) is 69.6 Å². The second-order valence-corrected chi connectivity index (χ2v) is 4.89. The molecule has 1 atom stereocenters. The number of nitrogens with zero attached hydrogens (tertiary/aromatic N) is 1. The molecule has 5 nitrogen and oxygen atoms in total. The summed E-state index contributed by atoms with van der Waals surface area (Å²) < 4.78 is 0. The molecule has 0 aromatic rings. The summed E-state index contributed by atoms with van der Waals surface area (Å²) in [6, 6.07) is 0.607. The lowest BCUT2D eigenvalue weighted by atomic mass is 10.1. The number of carboxylic acids is 1. The third-order valence-electron chi connectivity index (χ3n) is 3.11. The summed E-state index contributed by atoms with van der Waals surface area (Å²) >= 11 is 0. The molecule has 0 aromatic carbocycles. The average molecular weight is 242 g/mol. The maximum atomic E-state index is 11.1. The lowest BCUT2D eigenvalue weighted by molar-refractivity contribution is -0.137. The van der Waals surface area contributed by atoms with Gasteiger partial charge in [0, 0.05) is 31.5 Å². The summed E-state index contributed by atoms with van der Waals surface area (Å²) in [5.74, 6) is -0.618. The van der Waals surface area contributed by atoms with Gasteiger partial charge in [-0.15, -0.1) is 0 Å². The van der Waals surface area contributed by atoms with E-state index in [1.54, 1.807) is 0 Å². The number of nitrogens with one attached hydrogen (secondary N) is 1. The third-order valence-corrected chi connectivity index (χ3v) is 3.11. The number of carbonyl (C=O) groups excluding carboxylic acids is 1. The number of aliphatic carboxylic acids is 1. The molecule has 1 rings (SSSR count). The van der Waals surface area contributed by atoms with Crippen molar-refractivity contribution in [2.45, 2.75) is 51.6 Å². The van der Waals surface area contributed by atoms with Crippen LogP contribution in [0, 0.1) is 0 Å². The van der Waals surface area contributed by atoms with Gasteiger partial charge in [0.15, 0.2) is 0 Å². The zero-order chi connectivity index (χ0) is 12.8. The van der Waals surface area contributed by atoms with Gasteiger partial charge in [-0.25, -0.2) is 0 Å². The first-order valence-electron chi connectivity index (χ1n) is 6.24. The van der Waals surface area contributed by atoms with Gasteiger partial charge in [0.2, 0.25) is 5.91 Å². The molecular formula is C12H22N2O3. The van der Waals surface area contributed by atoms with E-state index in [9.17, 15) is 9.59 Å². The van der Waals surface area contributed by atoms with Crippen molar-refractivity contribution in [2.75, 3.05) is 13.1 Å². The lowest BCUT2D eigenvalue weighted by Crippen LogP contribution is -2.42. The van der Waals surface area contributed by atoms with Crippen molar-refractivity contribution in [1.29, 1.82) is 0 Å². The minimum atomic E-state index is -0.747. The zero-order valence-electron chi connectivity index (χ0n) is 10.6. The van der Waals surface area contributed by atoms with E-state index in [0.717, 1.165) is 19.5 Å². The van der Waals surface area contributed by atoms with Crippen LogP contribution in [0.5, 0.6) is 0 Å². The summed E-state index contributed by atoms with van der Waals surface area (Å²) in [5.41, 5.74) is 0. The van der Waals surface area contributed by atoms with E-state index in [-0.39, 0.29) is 18.4 Å². The number of hydrogen-bond donors (Lipinski definition) is 2. The third kappa shape index (κ3) is 5.17. The molecule has 1 saturated heterocycles. The van der Waals surface area contributed by atoms with Crippen LogP contribution < -0.4 is 5.32 Å². The fraction of sp³-hybridized carbons (Fsp3) is 0.833. The Morgan fingerprint density at radius 1 is 1.59 bits per heavy atom. The Morgan fingerprint density at radius 2 is 2.29 bits per heavy atom. The van der Waals surface area contributed by atoms with E-state index >= 15 is 0 Å². The van der Waals surface area contributed by atoms with Crippen LogP contribution in [0.3, 0.4) is 0 Å². The average Bonchev–Trinajstić information content (AvgIpc) is 2.62. The van der Waals surface area contributed by atoms with Crippen molar-refractivity contribution in [3.05, 3.63) is 0 Å². The first kappa shape index (κ1) is 14.0. The normalized spacial score (nSPS) is 20.0. The van der Waals surface area contributed by atoms with Gasteiger partial charge in [0.25, 0.3) is 0 Å². The highest BCUT2D eigenvalue weighted by molar-refractivity contribution is 5.78. The van der Waals surface area contributed by atoms with E-state index < -0.39 is 5.97 Å². The Morgan fingerprint density at radius 3 is 2.76 bits per heavy atom. The Labute approximate surface area is 102 Å². The number of carboxylic acid groups (broad SMARTS) is 1. The predicted octanol–water partition coefficient (Wildman–Crippen LogP) is 0.840. The Kier molecular flexibility index (Phi) is 5.41. The van der Waals surface area contributed by atoms with Crippen molar-refractivity contribution < 1.29 is 14.7 Å². The van der Waals surface area contributed by atoms with Crippen LogP contribution in [0.4, 0.5) is 0 Å². The van der Waals surface area contributed by atoms with Gasteiger partial charge < -0.3 is 10.4 Å². The van der Waals surface area contributed by atoms with E-state index in [1.165, 1.54) is 0 Å². The SMILES string of the molecule is CC(C)N(CCCC(=O)O)CC1CCC(=O)N1. The van der Waals surface area contributed by atoms with Crippen LogP contribution >= 0.6 is 0 Å². The second kappa shape index (κ2) is 6.59. The number of hydrogen-bond acceptors (Lipinski definition) is 3.